The van der Waals surface area contributed by atoms with Gasteiger partial charge in [0.15, 0.2) is 0 Å². The Morgan fingerprint density at radius 2 is 1.65 bits per heavy atom. The van der Waals surface area contributed by atoms with Crippen molar-refractivity contribution in [3.63, 3.8) is 0 Å². The van der Waals surface area contributed by atoms with Gasteiger partial charge in [0.2, 0.25) is 5.95 Å². The molecule has 0 amide bonds. The lowest BCUT2D eigenvalue weighted by molar-refractivity contribution is 0.568. The number of pyridine rings is 1. The van der Waals surface area contributed by atoms with E-state index in [2.05, 4.69) is 27.3 Å². The standard InChI is InChI=1S/C21H23N5/c1-3-7-18(8-4-1)19-15-20(23-16-17-9-11-22-12-10-17)25-21(24-19)26-13-5-2-6-14-26/h1,3-4,7-12,15H,2,5-6,13-14,16H2,(H,23,24,25). The van der Waals surface area contributed by atoms with Gasteiger partial charge < -0.3 is 10.2 Å². The van der Waals surface area contributed by atoms with Crippen molar-refractivity contribution in [2.24, 2.45) is 0 Å². The summed E-state index contributed by atoms with van der Waals surface area (Å²) < 4.78 is 0. The average Bonchev–Trinajstić information content (AvgIpc) is 2.74. The summed E-state index contributed by atoms with van der Waals surface area (Å²) in [5.74, 6) is 1.68. The van der Waals surface area contributed by atoms with Crippen molar-refractivity contribution >= 4 is 11.8 Å². The lowest BCUT2D eigenvalue weighted by atomic mass is 10.1. The third-order valence-electron chi connectivity index (χ3n) is 4.65. The third-order valence-corrected chi connectivity index (χ3v) is 4.65. The molecule has 0 atom stereocenters. The number of piperidine rings is 1. The van der Waals surface area contributed by atoms with Gasteiger partial charge in [-0.2, -0.15) is 4.98 Å². The van der Waals surface area contributed by atoms with Crippen LogP contribution in [0, 0.1) is 0 Å². The van der Waals surface area contributed by atoms with Gasteiger partial charge in [0.25, 0.3) is 0 Å². The van der Waals surface area contributed by atoms with Crippen LogP contribution >= 0.6 is 0 Å². The second-order valence-corrected chi connectivity index (χ2v) is 6.56. The van der Waals surface area contributed by atoms with Gasteiger partial charge in [-0.1, -0.05) is 30.3 Å². The van der Waals surface area contributed by atoms with Gasteiger partial charge in [0.05, 0.1) is 5.69 Å². The molecule has 4 rings (SSSR count). The zero-order valence-electron chi connectivity index (χ0n) is 14.8. The monoisotopic (exact) mass is 345 g/mol. The van der Waals surface area contributed by atoms with E-state index in [1.165, 1.54) is 24.8 Å². The quantitative estimate of drug-likeness (QED) is 0.753. The third kappa shape index (κ3) is 3.99. The molecule has 1 aliphatic heterocycles. The molecule has 132 valence electrons. The van der Waals surface area contributed by atoms with Crippen molar-refractivity contribution in [1.29, 1.82) is 0 Å². The van der Waals surface area contributed by atoms with Crippen LogP contribution in [0.2, 0.25) is 0 Å². The molecule has 1 fully saturated rings. The molecule has 3 heterocycles. The Hall–Kier alpha value is -2.95. The van der Waals surface area contributed by atoms with Gasteiger partial charge in [-0.3, -0.25) is 4.98 Å². The minimum absolute atomic E-state index is 0.715. The highest BCUT2D eigenvalue weighted by Gasteiger charge is 2.16. The number of nitrogens with zero attached hydrogens (tertiary/aromatic N) is 4. The Kier molecular flexibility index (Phi) is 5.05. The molecule has 26 heavy (non-hydrogen) atoms. The number of nitrogens with one attached hydrogen (secondary N) is 1. The fourth-order valence-corrected chi connectivity index (χ4v) is 3.21. The summed E-state index contributed by atoms with van der Waals surface area (Å²) in [6.07, 6.45) is 7.33. The average molecular weight is 345 g/mol. The largest absolute Gasteiger partial charge is 0.366 e. The second-order valence-electron chi connectivity index (χ2n) is 6.56. The molecule has 0 bridgehead atoms. The Labute approximate surface area is 154 Å². The summed E-state index contributed by atoms with van der Waals surface area (Å²) in [4.78, 5) is 16.0. The van der Waals surface area contributed by atoms with Gasteiger partial charge in [-0.05, 0) is 37.0 Å². The smallest absolute Gasteiger partial charge is 0.227 e. The minimum atomic E-state index is 0.715. The van der Waals surface area contributed by atoms with Crippen molar-refractivity contribution in [2.75, 3.05) is 23.3 Å². The van der Waals surface area contributed by atoms with Gasteiger partial charge in [0.1, 0.15) is 5.82 Å². The summed E-state index contributed by atoms with van der Waals surface area (Å²) in [5, 5.41) is 3.45. The number of anilines is 2. The van der Waals surface area contributed by atoms with Crippen LogP contribution in [0.1, 0.15) is 24.8 Å². The summed E-state index contributed by atoms with van der Waals surface area (Å²) >= 11 is 0. The summed E-state index contributed by atoms with van der Waals surface area (Å²) in [6, 6.07) is 16.4. The first-order valence-electron chi connectivity index (χ1n) is 9.21. The first kappa shape index (κ1) is 16.5. The topological polar surface area (TPSA) is 53.9 Å². The summed E-state index contributed by atoms with van der Waals surface area (Å²) in [6.45, 7) is 2.78. The van der Waals surface area contributed by atoms with Crippen molar-refractivity contribution in [2.45, 2.75) is 25.8 Å². The van der Waals surface area contributed by atoms with Crippen LogP contribution in [0.25, 0.3) is 11.3 Å². The van der Waals surface area contributed by atoms with Crippen LogP contribution in [0.5, 0.6) is 0 Å². The maximum Gasteiger partial charge on any atom is 0.227 e. The Bertz CT molecular complexity index is 830. The molecule has 0 saturated carbocycles. The van der Waals surface area contributed by atoms with E-state index in [4.69, 9.17) is 9.97 Å². The molecule has 5 heteroatoms. The molecule has 0 aliphatic carbocycles. The summed E-state index contributed by atoms with van der Waals surface area (Å²) in [7, 11) is 0. The molecule has 3 aromatic rings. The molecule has 0 spiro atoms. The number of benzene rings is 1. The Morgan fingerprint density at radius 3 is 2.42 bits per heavy atom. The van der Waals surface area contributed by atoms with E-state index in [-0.39, 0.29) is 0 Å². The van der Waals surface area contributed by atoms with Gasteiger partial charge in [-0.25, -0.2) is 4.98 Å². The van der Waals surface area contributed by atoms with Crippen LogP contribution in [-0.4, -0.2) is 28.0 Å². The molecule has 1 aromatic carbocycles. The maximum absolute atomic E-state index is 4.85. The molecular weight excluding hydrogens is 322 g/mol. The zero-order valence-corrected chi connectivity index (χ0v) is 14.8. The van der Waals surface area contributed by atoms with Gasteiger partial charge in [0, 0.05) is 43.7 Å². The number of hydrogen-bond donors (Lipinski definition) is 1. The molecule has 1 saturated heterocycles. The Morgan fingerprint density at radius 1 is 0.885 bits per heavy atom. The molecule has 0 radical (unpaired) electrons. The van der Waals surface area contributed by atoms with E-state index in [1.54, 1.807) is 0 Å². The van der Waals surface area contributed by atoms with Crippen molar-refractivity contribution in [1.82, 2.24) is 15.0 Å². The van der Waals surface area contributed by atoms with Crippen LogP contribution in [0.3, 0.4) is 0 Å². The second kappa shape index (κ2) is 7.95. The van der Waals surface area contributed by atoms with Gasteiger partial charge >= 0.3 is 0 Å². The minimum Gasteiger partial charge on any atom is -0.366 e. The Balaban J connectivity index is 1.63. The van der Waals surface area contributed by atoms with E-state index >= 15 is 0 Å². The normalized spacial score (nSPS) is 14.2. The van der Waals surface area contributed by atoms with E-state index in [9.17, 15) is 0 Å². The maximum atomic E-state index is 4.85. The fourth-order valence-electron chi connectivity index (χ4n) is 3.21. The van der Waals surface area contributed by atoms with E-state index in [0.717, 1.165) is 36.1 Å². The molecule has 5 nitrogen and oxygen atoms in total. The molecular formula is C21H23N5. The first-order valence-corrected chi connectivity index (χ1v) is 9.21. The lowest BCUT2D eigenvalue weighted by Crippen LogP contribution is -2.31. The number of hydrogen-bond acceptors (Lipinski definition) is 5. The first-order chi connectivity index (χ1) is 12.9. The van der Waals surface area contributed by atoms with Crippen LogP contribution in [0.15, 0.2) is 60.9 Å². The predicted octanol–water partition coefficient (Wildman–Crippen LogP) is 4.14. The van der Waals surface area contributed by atoms with Crippen LogP contribution < -0.4 is 10.2 Å². The van der Waals surface area contributed by atoms with E-state index < -0.39 is 0 Å². The van der Waals surface area contributed by atoms with E-state index in [1.807, 2.05) is 48.8 Å². The molecule has 1 aliphatic rings. The molecule has 1 N–H and O–H groups in total. The molecule has 0 unspecified atom stereocenters. The lowest BCUT2D eigenvalue weighted by Gasteiger charge is -2.27. The van der Waals surface area contributed by atoms with E-state index in [0.29, 0.717) is 6.54 Å². The highest BCUT2D eigenvalue weighted by atomic mass is 15.3. The highest BCUT2D eigenvalue weighted by Crippen LogP contribution is 2.24. The van der Waals surface area contributed by atoms with Crippen molar-refractivity contribution < 1.29 is 0 Å². The SMILES string of the molecule is c1ccc(-c2cc(NCc3ccncc3)nc(N3CCCCC3)n2)cc1. The van der Waals surface area contributed by atoms with Crippen LogP contribution in [-0.2, 0) is 6.54 Å². The molecule has 2 aromatic heterocycles. The zero-order chi connectivity index (χ0) is 17.6. The van der Waals surface area contributed by atoms with Crippen molar-refractivity contribution in [3.8, 4) is 11.3 Å². The van der Waals surface area contributed by atoms with Gasteiger partial charge in [-0.15, -0.1) is 0 Å². The predicted molar refractivity (Wildman–Crippen MR) is 105 cm³/mol. The number of rotatable bonds is 5. The van der Waals surface area contributed by atoms with Crippen molar-refractivity contribution in [3.05, 3.63) is 66.5 Å². The van der Waals surface area contributed by atoms with Crippen LogP contribution in [0.4, 0.5) is 11.8 Å². The fraction of sp³-hybridized carbons (Fsp3) is 0.286. The highest BCUT2D eigenvalue weighted by molar-refractivity contribution is 5.64. The summed E-state index contributed by atoms with van der Waals surface area (Å²) in [5.41, 5.74) is 3.25. The number of aromatic nitrogens is 3.